The monoisotopic (exact) mass is 223 g/mol. The molecule has 4 N–H and O–H groups in total. The summed E-state index contributed by atoms with van der Waals surface area (Å²) < 4.78 is 0. The highest BCUT2D eigenvalue weighted by Gasteiger charge is 2.16. The van der Waals surface area contributed by atoms with E-state index in [-0.39, 0.29) is 18.1 Å². The molecule has 0 aromatic heterocycles. The number of aliphatic carboxylic acids is 1. The summed E-state index contributed by atoms with van der Waals surface area (Å²) in [6, 6.07) is -0.955. The predicted octanol–water partition coefficient (Wildman–Crippen LogP) is -1.73. The smallest absolute Gasteiger partial charge is 0.327 e. The average Bonchev–Trinajstić information content (AvgIpc) is 2.16. The molecule has 1 amide bonds. The second-order valence-corrected chi connectivity index (χ2v) is 3.62. The van der Waals surface area contributed by atoms with Crippen LogP contribution in [0.5, 0.6) is 0 Å². The Labute approximate surface area is 85.3 Å². The van der Waals surface area contributed by atoms with Crippen molar-refractivity contribution in [2.75, 3.05) is 18.1 Å². The summed E-state index contributed by atoms with van der Waals surface area (Å²) >= 11 is 1.15. The number of amides is 1. The Kier molecular flexibility index (Phi) is 7.17. The third kappa shape index (κ3) is 5.79. The van der Waals surface area contributed by atoms with Crippen molar-refractivity contribution in [3.63, 3.8) is 0 Å². The van der Waals surface area contributed by atoms with Crippen molar-refractivity contribution in [3.05, 3.63) is 0 Å². The molecule has 0 radical (unpaired) electrons. The number of aliphatic hydroxyl groups is 2. The van der Waals surface area contributed by atoms with Gasteiger partial charge in [0.1, 0.15) is 6.04 Å². The number of nitrogens with one attached hydrogen (secondary N) is 1. The molecule has 14 heavy (non-hydrogen) atoms. The highest BCUT2D eigenvalue weighted by atomic mass is 32.2. The van der Waals surface area contributed by atoms with Crippen LogP contribution >= 0.6 is 11.8 Å². The van der Waals surface area contributed by atoms with Gasteiger partial charge in [0.2, 0.25) is 6.41 Å². The number of carboxylic acid groups (broad SMARTS) is 1. The van der Waals surface area contributed by atoms with E-state index in [2.05, 4.69) is 5.32 Å². The molecule has 0 fully saturated rings. The molecule has 0 aliphatic rings. The Bertz CT molecular complexity index is 189. The summed E-state index contributed by atoms with van der Waals surface area (Å²) in [5, 5.41) is 28.1. The molecule has 0 aliphatic heterocycles. The molecule has 0 heterocycles. The van der Waals surface area contributed by atoms with Gasteiger partial charge in [-0.3, -0.25) is 4.79 Å². The number of carbonyl (C=O) groups excluding carboxylic acids is 1. The lowest BCUT2D eigenvalue weighted by Crippen LogP contribution is -2.38. The van der Waals surface area contributed by atoms with Gasteiger partial charge in [-0.2, -0.15) is 11.8 Å². The Morgan fingerprint density at radius 1 is 1.50 bits per heavy atom. The fourth-order valence-electron chi connectivity index (χ4n) is 0.647. The van der Waals surface area contributed by atoms with E-state index >= 15 is 0 Å². The highest BCUT2D eigenvalue weighted by molar-refractivity contribution is 7.99. The number of rotatable bonds is 8. The standard InChI is InChI=1S/C7H13NO5S/c9-1-5(11)2-14-3-6(7(12)13)8-4-10/h4-6,9,11H,1-3H2,(H,8,10)(H,12,13). The molecule has 6 nitrogen and oxygen atoms in total. The van der Waals surface area contributed by atoms with E-state index in [0.29, 0.717) is 6.41 Å². The molecule has 82 valence electrons. The van der Waals surface area contributed by atoms with Crippen LogP contribution in [0.1, 0.15) is 0 Å². The lowest BCUT2D eigenvalue weighted by atomic mass is 10.3. The van der Waals surface area contributed by atoms with E-state index in [9.17, 15) is 9.59 Å². The molecule has 0 rings (SSSR count). The van der Waals surface area contributed by atoms with Crippen LogP contribution in [0, 0.1) is 0 Å². The van der Waals surface area contributed by atoms with Crippen LogP contribution in [-0.4, -0.2) is 58.0 Å². The molecular formula is C7H13NO5S. The van der Waals surface area contributed by atoms with Gasteiger partial charge in [-0.1, -0.05) is 0 Å². The maximum absolute atomic E-state index is 10.5. The van der Waals surface area contributed by atoms with Crippen LogP contribution < -0.4 is 5.32 Å². The summed E-state index contributed by atoms with van der Waals surface area (Å²) in [4.78, 5) is 20.5. The Hall–Kier alpha value is -0.790. The predicted molar refractivity (Wildman–Crippen MR) is 51.0 cm³/mol. The molecule has 2 atom stereocenters. The van der Waals surface area contributed by atoms with Crippen LogP contribution in [0.15, 0.2) is 0 Å². The second kappa shape index (κ2) is 7.60. The van der Waals surface area contributed by atoms with Crippen molar-refractivity contribution in [1.82, 2.24) is 5.32 Å². The fourth-order valence-corrected chi connectivity index (χ4v) is 1.64. The van der Waals surface area contributed by atoms with Crippen LogP contribution in [-0.2, 0) is 9.59 Å². The van der Waals surface area contributed by atoms with Gasteiger partial charge in [-0.25, -0.2) is 4.79 Å². The van der Waals surface area contributed by atoms with Gasteiger partial charge in [-0.05, 0) is 0 Å². The van der Waals surface area contributed by atoms with Gasteiger partial charge in [-0.15, -0.1) is 0 Å². The van der Waals surface area contributed by atoms with Gasteiger partial charge < -0.3 is 20.6 Å². The highest BCUT2D eigenvalue weighted by Crippen LogP contribution is 2.05. The minimum absolute atomic E-state index is 0.158. The molecule has 0 spiro atoms. The quantitative estimate of drug-likeness (QED) is 0.364. The SMILES string of the molecule is O=CNC(CSCC(O)CO)C(=O)O. The molecule has 2 unspecified atom stereocenters. The van der Waals surface area contributed by atoms with Gasteiger partial charge in [0, 0.05) is 11.5 Å². The van der Waals surface area contributed by atoms with E-state index in [0.717, 1.165) is 11.8 Å². The first-order valence-electron chi connectivity index (χ1n) is 3.91. The van der Waals surface area contributed by atoms with Gasteiger partial charge in [0.15, 0.2) is 0 Å². The van der Waals surface area contributed by atoms with E-state index in [4.69, 9.17) is 15.3 Å². The maximum atomic E-state index is 10.5. The number of hydrogen-bond donors (Lipinski definition) is 4. The molecule has 0 saturated carbocycles. The van der Waals surface area contributed by atoms with E-state index < -0.39 is 18.1 Å². The third-order valence-corrected chi connectivity index (χ3v) is 2.56. The zero-order valence-corrected chi connectivity index (χ0v) is 8.24. The number of thioether (sulfide) groups is 1. The number of carboxylic acids is 1. The summed E-state index contributed by atoms with van der Waals surface area (Å²) in [5.74, 6) is -0.727. The van der Waals surface area contributed by atoms with Crippen LogP contribution in [0.3, 0.4) is 0 Å². The molecule has 0 aromatic rings. The zero-order valence-electron chi connectivity index (χ0n) is 7.42. The van der Waals surface area contributed by atoms with Crippen molar-refractivity contribution in [3.8, 4) is 0 Å². The van der Waals surface area contributed by atoms with Crippen LogP contribution in [0.25, 0.3) is 0 Å². The first-order valence-corrected chi connectivity index (χ1v) is 5.06. The van der Waals surface area contributed by atoms with Crippen molar-refractivity contribution in [2.45, 2.75) is 12.1 Å². The second-order valence-electron chi connectivity index (χ2n) is 2.55. The summed E-state index contributed by atoms with van der Waals surface area (Å²) in [7, 11) is 0. The summed E-state index contributed by atoms with van der Waals surface area (Å²) in [6.45, 7) is -0.355. The normalized spacial score (nSPS) is 14.4. The first kappa shape index (κ1) is 13.2. The van der Waals surface area contributed by atoms with E-state index in [1.807, 2.05) is 0 Å². The van der Waals surface area contributed by atoms with Crippen molar-refractivity contribution in [1.29, 1.82) is 0 Å². The topological polar surface area (TPSA) is 107 Å². The third-order valence-electron chi connectivity index (χ3n) is 1.37. The molecule has 0 aromatic carbocycles. The van der Waals surface area contributed by atoms with Crippen molar-refractivity contribution < 1.29 is 24.9 Å². The molecule has 0 saturated heterocycles. The maximum Gasteiger partial charge on any atom is 0.327 e. The first-order chi connectivity index (χ1) is 6.61. The molecule has 0 aliphatic carbocycles. The number of hydrogen-bond acceptors (Lipinski definition) is 5. The lowest BCUT2D eigenvalue weighted by Gasteiger charge is -2.11. The lowest BCUT2D eigenvalue weighted by molar-refractivity contribution is -0.139. The fraction of sp³-hybridized carbons (Fsp3) is 0.714. The van der Waals surface area contributed by atoms with E-state index in [1.165, 1.54) is 0 Å². The Balaban J connectivity index is 3.71. The summed E-state index contributed by atoms with van der Waals surface area (Å²) in [5.41, 5.74) is 0. The zero-order chi connectivity index (χ0) is 11.0. The largest absolute Gasteiger partial charge is 0.480 e. The van der Waals surface area contributed by atoms with Gasteiger partial charge >= 0.3 is 5.97 Å². The van der Waals surface area contributed by atoms with Crippen LogP contribution in [0.4, 0.5) is 0 Å². The van der Waals surface area contributed by atoms with Gasteiger partial charge in [0.25, 0.3) is 0 Å². The molecular weight excluding hydrogens is 210 g/mol. The molecule has 7 heteroatoms. The van der Waals surface area contributed by atoms with Crippen molar-refractivity contribution in [2.24, 2.45) is 0 Å². The van der Waals surface area contributed by atoms with Crippen molar-refractivity contribution >= 4 is 24.1 Å². The minimum Gasteiger partial charge on any atom is -0.480 e. The van der Waals surface area contributed by atoms with Gasteiger partial charge in [0.05, 0.1) is 12.7 Å². The number of aliphatic hydroxyl groups excluding tert-OH is 2. The molecule has 0 bridgehead atoms. The average molecular weight is 223 g/mol. The minimum atomic E-state index is -1.12. The van der Waals surface area contributed by atoms with E-state index in [1.54, 1.807) is 0 Å². The Morgan fingerprint density at radius 2 is 2.14 bits per heavy atom. The Morgan fingerprint density at radius 3 is 2.57 bits per heavy atom. The van der Waals surface area contributed by atoms with Crippen LogP contribution in [0.2, 0.25) is 0 Å². The number of carbonyl (C=O) groups is 2. The summed E-state index contributed by atoms with van der Waals surface area (Å²) in [6.07, 6.45) is -0.535.